The molecule has 1 saturated heterocycles. The van der Waals surface area contributed by atoms with Crippen molar-refractivity contribution in [1.82, 2.24) is 4.90 Å². The molecule has 0 amide bonds. The molecule has 2 aliphatic carbocycles. The lowest BCUT2D eigenvalue weighted by molar-refractivity contribution is -0.143. The van der Waals surface area contributed by atoms with Crippen LogP contribution in [0.25, 0.3) is 0 Å². The van der Waals surface area contributed by atoms with Gasteiger partial charge in [-0.25, -0.2) is 0 Å². The van der Waals surface area contributed by atoms with Gasteiger partial charge in [-0.15, -0.1) is 0 Å². The van der Waals surface area contributed by atoms with Crippen LogP contribution in [0.4, 0.5) is 0 Å². The Morgan fingerprint density at radius 2 is 1.59 bits per heavy atom. The van der Waals surface area contributed by atoms with Gasteiger partial charge in [-0.2, -0.15) is 0 Å². The number of rotatable bonds is 5. The van der Waals surface area contributed by atoms with Crippen molar-refractivity contribution in [1.29, 1.82) is 0 Å². The summed E-state index contributed by atoms with van der Waals surface area (Å²) in [5.41, 5.74) is 1.86. The van der Waals surface area contributed by atoms with Crippen LogP contribution in [0.15, 0.2) is 24.3 Å². The van der Waals surface area contributed by atoms with Crippen LogP contribution in [0, 0.1) is 17.3 Å². The maximum atomic E-state index is 11.3. The van der Waals surface area contributed by atoms with Gasteiger partial charge in [0.2, 0.25) is 0 Å². The van der Waals surface area contributed by atoms with Gasteiger partial charge in [-0.3, -0.25) is 4.79 Å². The van der Waals surface area contributed by atoms with E-state index in [1.165, 1.54) is 56.9 Å². The Kier molecular flexibility index (Phi) is 7.49. The third-order valence-electron chi connectivity index (χ3n) is 8.59. The molecule has 3 fully saturated rings. The third kappa shape index (κ3) is 5.87. The van der Waals surface area contributed by atoms with Crippen LogP contribution in [-0.4, -0.2) is 41.2 Å². The first-order chi connectivity index (χ1) is 15.3. The van der Waals surface area contributed by atoms with E-state index in [-0.39, 0.29) is 5.92 Å². The summed E-state index contributed by atoms with van der Waals surface area (Å²) in [6.07, 6.45) is 11.9. The fourth-order valence-electron chi connectivity index (χ4n) is 6.37. The fraction of sp³-hybridized carbons (Fsp3) is 0.750. The van der Waals surface area contributed by atoms with Crippen LogP contribution >= 0.6 is 0 Å². The summed E-state index contributed by atoms with van der Waals surface area (Å²) in [4.78, 5) is 13.8. The summed E-state index contributed by atoms with van der Waals surface area (Å²) >= 11 is 0. The predicted molar refractivity (Wildman–Crippen MR) is 129 cm³/mol. The number of hydrogen-bond acceptors (Lipinski definition) is 3. The molecule has 0 bridgehead atoms. The Morgan fingerprint density at radius 3 is 2.19 bits per heavy atom. The molecule has 1 N–H and O–H groups in total. The zero-order valence-electron chi connectivity index (χ0n) is 20.4. The van der Waals surface area contributed by atoms with Crippen LogP contribution in [0.5, 0.6) is 5.75 Å². The minimum atomic E-state index is -0.615. The first-order valence-electron chi connectivity index (χ1n) is 13.0. The number of carbonyl (C=O) groups is 1. The van der Waals surface area contributed by atoms with Crippen molar-refractivity contribution in [3.63, 3.8) is 0 Å². The van der Waals surface area contributed by atoms with Crippen LogP contribution in [0.1, 0.15) is 96.5 Å². The zero-order valence-corrected chi connectivity index (χ0v) is 20.4. The molecular formula is C28H43NO3. The van der Waals surface area contributed by atoms with E-state index >= 15 is 0 Å². The molecule has 1 aromatic carbocycles. The van der Waals surface area contributed by atoms with E-state index < -0.39 is 5.97 Å². The van der Waals surface area contributed by atoms with Gasteiger partial charge >= 0.3 is 5.97 Å². The highest BCUT2D eigenvalue weighted by Gasteiger charge is 2.33. The van der Waals surface area contributed by atoms with Crippen molar-refractivity contribution in [2.75, 3.05) is 13.1 Å². The van der Waals surface area contributed by atoms with Gasteiger partial charge in [-0.05, 0) is 106 Å². The van der Waals surface area contributed by atoms with Gasteiger partial charge in [-0.1, -0.05) is 39.3 Å². The second-order valence-electron chi connectivity index (χ2n) is 11.7. The lowest BCUT2D eigenvalue weighted by Gasteiger charge is -2.40. The van der Waals surface area contributed by atoms with Crippen LogP contribution < -0.4 is 4.74 Å². The molecule has 1 aromatic rings. The van der Waals surface area contributed by atoms with Crippen molar-refractivity contribution in [3.05, 3.63) is 29.8 Å². The summed E-state index contributed by atoms with van der Waals surface area (Å²) in [5.74, 6) is 1.70. The van der Waals surface area contributed by atoms with E-state index in [1.54, 1.807) is 0 Å². The Balaban J connectivity index is 1.27. The second kappa shape index (κ2) is 10.2. The standard InChI is InChI=1S/C28H43NO3/c1-28(2,3)23-9-13-26(14-10-23)32-25-11-7-20(8-12-25)22-5-4-6-24(19-22)29-17-15-21(16-18-29)27(30)31/h7-8,11-12,21-24,26H,4-6,9-10,13-19H2,1-3H3,(H,30,31). The molecule has 4 rings (SSSR count). The van der Waals surface area contributed by atoms with Crippen molar-refractivity contribution in [3.8, 4) is 5.75 Å². The molecule has 2 atom stereocenters. The normalized spacial score (nSPS) is 30.7. The number of likely N-dealkylation sites (tertiary alicyclic amines) is 1. The minimum absolute atomic E-state index is 0.137. The van der Waals surface area contributed by atoms with E-state index in [1.807, 2.05) is 0 Å². The average Bonchev–Trinajstić information content (AvgIpc) is 2.79. The molecule has 2 unspecified atom stereocenters. The molecule has 32 heavy (non-hydrogen) atoms. The Bertz CT molecular complexity index is 737. The monoisotopic (exact) mass is 441 g/mol. The number of carboxylic acid groups (broad SMARTS) is 1. The van der Waals surface area contributed by atoms with Gasteiger partial charge in [0.25, 0.3) is 0 Å². The van der Waals surface area contributed by atoms with Gasteiger partial charge in [0, 0.05) is 6.04 Å². The highest BCUT2D eigenvalue weighted by atomic mass is 16.5. The quantitative estimate of drug-likeness (QED) is 0.567. The molecule has 4 nitrogen and oxygen atoms in total. The van der Waals surface area contributed by atoms with Crippen LogP contribution in [0.3, 0.4) is 0 Å². The molecule has 2 saturated carbocycles. The molecule has 1 heterocycles. The van der Waals surface area contributed by atoms with Gasteiger partial charge in [0.15, 0.2) is 0 Å². The number of nitrogens with zero attached hydrogens (tertiary/aromatic N) is 1. The SMILES string of the molecule is CC(C)(C)C1CCC(Oc2ccc(C3CCCC(N4CCC(C(=O)O)CC4)C3)cc2)CC1. The lowest BCUT2D eigenvalue weighted by Crippen LogP contribution is -2.44. The highest BCUT2D eigenvalue weighted by Crippen LogP contribution is 2.40. The van der Waals surface area contributed by atoms with Crippen molar-refractivity contribution < 1.29 is 14.6 Å². The van der Waals surface area contributed by atoms with Crippen molar-refractivity contribution in [2.45, 2.75) is 103 Å². The van der Waals surface area contributed by atoms with E-state index in [0.29, 0.717) is 23.5 Å². The maximum Gasteiger partial charge on any atom is 0.306 e. The third-order valence-corrected chi connectivity index (χ3v) is 8.59. The number of piperidine rings is 1. The Hall–Kier alpha value is -1.55. The summed E-state index contributed by atoms with van der Waals surface area (Å²) < 4.78 is 6.35. The first kappa shape index (κ1) is 23.6. The summed E-state index contributed by atoms with van der Waals surface area (Å²) in [6, 6.07) is 9.57. The van der Waals surface area contributed by atoms with Crippen LogP contribution in [0.2, 0.25) is 0 Å². The molecule has 4 heteroatoms. The zero-order chi connectivity index (χ0) is 22.7. The maximum absolute atomic E-state index is 11.3. The number of hydrogen-bond donors (Lipinski definition) is 1. The number of aliphatic carboxylic acids is 1. The van der Waals surface area contributed by atoms with E-state index in [0.717, 1.165) is 37.6 Å². The highest BCUT2D eigenvalue weighted by molar-refractivity contribution is 5.70. The number of carboxylic acids is 1. The largest absolute Gasteiger partial charge is 0.490 e. The first-order valence-corrected chi connectivity index (χ1v) is 13.0. The molecule has 0 radical (unpaired) electrons. The van der Waals surface area contributed by atoms with Gasteiger partial charge < -0.3 is 14.7 Å². The molecular weight excluding hydrogens is 398 g/mol. The summed E-state index contributed by atoms with van der Waals surface area (Å²) in [6.45, 7) is 8.99. The molecule has 0 aromatic heterocycles. The smallest absolute Gasteiger partial charge is 0.306 e. The summed E-state index contributed by atoms with van der Waals surface area (Å²) in [5, 5.41) is 9.27. The van der Waals surface area contributed by atoms with Gasteiger partial charge in [0.05, 0.1) is 12.0 Å². The average molecular weight is 442 g/mol. The Labute approximate surface area is 194 Å². The fourth-order valence-corrected chi connectivity index (χ4v) is 6.37. The molecule has 1 aliphatic heterocycles. The van der Waals surface area contributed by atoms with Crippen molar-refractivity contribution in [2.24, 2.45) is 17.3 Å². The predicted octanol–water partition coefficient (Wildman–Crippen LogP) is 6.49. The molecule has 178 valence electrons. The van der Waals surface area contributed by atoms with E-state index in [2.05, 4.69) is 49.9 Å². The van der Waals surface area contributed by atoms with Gasteiger partial charge in [0.1, 0.15) is 5.75 Å². The van der Waals surface area contributed by atoms with Crippen molar-refractivity contribution >= 4 is 5.97 Å². The Morgan fingerprint density at radius 1 is 0.938 bits per heavy atom. The minimum Gasteiger partial charge on any atom is -0.490 e. The lowest BCUT2D eigenvalue weighted by atomic mass is 9.72. The molecule has 3 aliphatic rings. The topological polar surface area (TPSA) is 49.8 Å². The summed E-state index contributed by atoms with van der Waals surface area (Å²) in [7, 11) is 0. The van der Waals surface area contributed by atoms with E-state index in [9.17, 15) is 9.90 Å². The number of ether oxygens (including phenoxy) is 1. The molecule has 0 spiro atoms. The van der Waals surface area contributed by atoms with E-state index in [4.69, 9.17) is 4.74 Å². The number of benzene rings is 1. The second-order valence-corrected chi connectivity index (χ2v) is 11.7. The van der Waals surface area contributed by atoms with Crippen LogP contribution in [-0.2, 0) is 4.79 Å².